The molecule has 8 heteroatoms. The maximum atomic E-state index is 12.8. The van der Waals surface area contributed by atoms with Crippen LogP contribution in [0.2, 0.25) is 0 Å². The molecular formula is C20H16ClIN2O4. The highest BCUT2D eigenvalue weighted by atomic mass is 127. The highest BCUT2D eigenvalue weighted by Crippen LogP contribution is 2.30. The molecule has 2 aromatic carbocycles. The first-order chi connectivity index (χ1) is 13.4. The fourth-order valence-electron chi connectivity index (χ4n) is 2.58. The molecule has 1 N–H and O–H groups in total. The number of amides is 2. The fourth-order valence-corrected chi connectivity index (χ4v) is 3.15. The van der Waals surface area contributed by atoms with Gasteiger partial charge in [0.2, 0.25) is 0 Å². The monoisotopic (exact) mass is 510 g/mol. The van der Waals surface area contributed by atoms with Crippen LogP contribution in [0.1, 0.15) is 23.7 Å². The topological polar surface area (TPSA) is 75.7 Å². The van der Waals surface area contributed by atoms with Crippen LogP contribution in [-0.4, -0.2) is 24.4 Å². The van der Waals surface area contributed by atoms with Crippen LogP contribution in [0.4, 0.5) is 11.4 Å². The van der Waals surface area contributed by atoms with Gasteiger partial charge in [-0.05, 0) is 71.5 Å². The van der Waals surface area contributed by atoms with E-state index < -0.39 is 17.8 Å². The zero-order valence-corrected chi connectivity index (χ0v) is 17.8. The van der Waals surface area contributed by atoms with Crippen molar-refractivity contribution in [2.75, 3.05) is 16.8 Å². The Hall–Kier alpha value is -2.39. The molecule has 2 amide bonds. The molecule has 0 spiro atoms. The number of ether oxygens (including phenoxy) is 1. The minimum absolute atomic E-state index is 0.0377. The molecule has 28 heavy (non-hydrogen) atoms. The Morgan fingerprint density at radius 3 is 2.54 bits per heavy atom. The van der Waals surface area contributed by atoms with E-state index in [9.17, 15) is 14.4 Å². The van der Waals surface area contributed by atoms with Crippen molar-refractivity contribution in [1.82, 2.24) is 0 Å². The van der Waals surface area contributed by atoms with Gasteiger partial charge in [0.25, 0.3) is 11.8 Å². The minimum atomic E-state index is -0.603. The van der Waals surface area contributed by atoms with Crippen molar-refractivity contribution in [3.8, 4) is 0 Å². The largest absolute Gasteiger partial charge is 0.462 e. The van der Waals surface area contributed by atoms with Gasteiger partial charge in [0.1, 0.15) is 10.7 Å². The quantitative estimate of drug-likeness (QED) is 0.356. The minimum Gasteiger partial charge on any atom is -0.462 e. The molecule has 0 unspecified atom stereocenters. The summed E-state index contributed by atoms with van der Waals surface area (Å²) in [6.45, 7) is 2.23. The van der Waals surface area contributed by atoms with Crippen molar-refractivity contribution in [3.05, 3.63) is 68.4 Å². The maximum absolute atomic E-state index is 12.8. The van der Waals surface area contributed by atoms with Crippen LogP contribution in [0.15, 0.2) is 59.3 Å². The standard InChI is InChI=1S/C20H16ClIN2O4/c1-2-10-28-20(27)12-4-3-5-14(11-12)23-17-16(21)18(25)24(19(17)26)15-8-6-13(22)7-9-15/h3-9,11,23H,2,10H2,1H3. The molecule has 1 aliphatic rings. The van der Waals surface area contributed by atoms with Crippen molar-refractivity contribution in [2.24, 2.45) is 0 Å². The Morgan fingerprint density at radius 1 is 1.14 bits per heavy atom. The first-order valence-corrected chi connectivity index (χ1v) is 9.96. The highest BCUT2D eigenvalue weighted by molar-refractivity contribution is 14.1. The van der Waals surface area contributed by atoms with Crippen LogP contribution in [0.3, 0.4) is 0 Å². The molecule has 0 aromatic heterocycles. The smallest absolute Gasteiger partial charge is 0.338 e. The summed E-state index contributed by atoms with van der Waals surface area (Å²) in [7, 11) is 0. The molecule has 0 radical (unpaired) electrons. The second kappa shape index (κ2) is 8.74. The number of carbonyl (C=O) groups excluding carboxylic acids is 3. The number of hydrogen-bond donors (Lipinski definition) is 1. The zero-order chi connectivity index (χ0) is 20.3. The van der Waals surface area contributed by atoms with Crippen LogP contribution in [0, 0.1) is 3.57 Å². The van der Waals surface area contributed by atoms with Gasteiger partial charge in [-0.2, -0.15) is 0 Å². The lowest BCUT2D eigenvalue weighted by Gasteiger charge is -2.15. The number of benzene rings is 2. The Kier molecular flexibility index (Phi) is 6.35. The molecular weight excluding hydrogens is 495 g/mol. The number of esters is 1. The van der Waals surface area contributed by atoms with Gasteiger partial charge < -0.3 is 10.1 Å². The van der Waals surface area contributed by atoms with E-state index in [1.807, 2.05) is 6.92 Å². The second-order valence-corrected chi connectivity index (χ2v) is 7.58. The molecule has 2 aromatic rings. The van der Waals surface area contributed by atoms with Gasteiger partial charge in [-0.25, -0.2) is 9.69 Å². The maximum Gasteiger partial charge on any atom is 0.338 e. The number of carbonyl (C=O) groups is 3. The first-order valence-electron chi connectivity index (χ1n) is 8.50. The Labute approximate surface area is 180 Å². The van der Waals surface area contributed by atoms with Gasteiger partial charge in [0.15, 0.2) is 0 Å². The van der Waals surface area contributed by atoms with E-state index in [0.717, 1.165) is 14.9 Å². The third kappa shape index (κ3) is 4.20. The average Bonchev–Trinajstić information content (AvgIpc) is 2.90. The molecule has 1 heterocycles. The first kappa shape index (κ1) is 20.3. The summed E-state index contributed by atoms with van der Waals surface area (Å²) < 4.78 is 6.09. The van der Waals surface area contributed by atoms with E-state index in [1.54, 1.807) is 48.5 Å². The lowest BCUT2D eigenvalue weighted by molar-refractivity contribution is -0.120. The summed E-state index contributed by atoms with van der Waals surface area (Å²) >= 11 is 8.27. The van der Waals surface area contributed by atoms with Gasteiger partial charge in [0, 0.05) is 9.26 Å². The molecule has 0 saturated heterocycles. The molecule has 3 rings (SSSR count). The van der Waals surface area contributed by atoms with E-state index in [4.69, 9.17) is 16.3 Å². The van der Waals surface area contributed by atoms with Crippen LogP contribution in [0.25, 0.3) is 0 Å². The summed E-state index contributed by atoms with van der Waals surface area (Å²) in [5.74, 6) is -1.62. The number of nitrogens with one attached hydrogen (secondary N) is 1. The SMILES string of the molecule is CCCOC(=O)c1cccc(NC2=C(Cl)C(=O)N(c3ccc(I)cc3)C2=O)c1. The number of hydrogen-bond acceptors (Lipinski definition) is 5. The van der Waals surface area contributed by atoms with E-state index in [1.165, 1.54) is 0 Å². The Balaban J connectivity index is 1.82. The summed E-state index contributed by atoms with van der Waals surface area (Å²) in [4.78, 5) is 38.3. The van der Waals surface area contributed by atoms with Crippen molar-refractivity contribution in [2.45, 2.75) is 13.3 Å². The number of nitrogens with zero attached hydrogens (tertiary/aromatic N) is 1. The van der Waals surface area contributed by atoms with Crippen molar-refractivity contribution >= 4 is 63.4 Å². The zero-order valence-electron chi connectivity index (χ0n) is 14.9. The number of rotatable bonds is 6. The summed E-state index contributed by atoms with van der Waals surface area (Å²) in [6, 6.07) is 13.4. The molecule has 0 aliphatic carbocycles. The lowest BCUT2D eigenvalue weighted by atomic mass is 10.2. The van der Waals surface area contributed by atoms with Crippen LogP contribution in [-0.2, 0) is 14.3 Å². The summed E-state index contributed by atoms with van der Waals surface area (Å²) in [5.41, 5.74) is 1.18. The lowest BCUT2D eigenvalue weighted by Crippen LogP contribution is -2.32. The number of halogens is 2. The fraction of sp³-hybridized carbons (Fsp3) is 0.150. The van der Waals surface area contributed by atoms with E-state index in [0.29, 0.717) is 23.5 Å². The van der Waals surface area contributed by atoms with Crippen molar-refractivity contribution < 1.29 is 19.1 Å². The molecule has 0 fully saturated rings. The van der Waals surface area contributed by atoms with Crippen molar-refractivity contribution in [3.63, 3.8) is 0 Å². The van der Waals surface area contributed by atoms with Gasteiger partial charge >= 0.3 is 5.97 Å². The van der Waals surface area contributed by atoms with Gasteiger partial charge in [0.05, 0.1) is 17.9 Å². The predicted octanol–water partition coefficient (Wildman–Crippen LogP) is 4.29. The van der Waals surface area contributed by atoms with Gasteiger partial charge in [-0.15, -0.1) is 0 Å². The van der Waals surface area contributed by atoms with Gasteiger partial charge in [-0.3, -0.25) is 9.59 Å². The van der Waals surface area contributed by atoms with Crippen molar-refractivity contribution in [1.29, 1.82) is 0 Å². The Bertz CT molecular complexity index is 972. The molecule has 0 bridgehead atoms. The molecule has 1 aliphatic heterocycles. The average molecular weight is 511 g/mol. The van der Waals surface area contributed by atoms with E-state index in [2.05, 4.69) is 27.9 Å². The normalized spacial score (nSPS) is 13.9. The Morgan fingerprint density at radius 2 is 1.86 bits per heavy atom. The second-order valence-electron chi connectivity index (χ2n) is 5.95. The molecule has 0 atom stereocenters. The number of anilines is 2. The van der Waals surface area contributed by atoms with Crippen LogP contribution in [0.5, 0.6) is 0 Å². The molecule has 0 saturated carbocycles. The summed E-state index contributed by atoms with van der Waals surface area (Å²) in [5, 5.41) is 2.65. The summed E-state index contributed by atoms with van der Waals surface area (Å²) in [6.07, 6.45) is 0.719. The van der Waals surface area contributed by atoms with Crippen LogP contribution < -0.4 is 10.2 Å². The third-order valence-corrected chi connectivity index (χ3v) is 4.99. The van der Waals surface area contributed by atoms with Crippen LogP contribution >= 0.6 is 34.2 Å². The number of imide groups is 1. The van der Waals surface area contributed by atoms with E-state index in [-0.39, 0.29) is 10.7 Å². The predicted molar refractivity (Wildman–Crippen MR) is 115 cm³/mol. The molecule has 144 valence electrons. The molecule has 6 nitrogen and oxygen atoms in total. The van der Waals surface area contributed by atoms with E-state index >= 15 is 0 Å². The third-order valence-electron chi connectivity index (χ3n) is 3.92. The van der Waals surface area contributed by atoms with Gasteiger partial charge in [-0.1, -0.05) is 24.6 Å². The highest BCUT2D eigenvalue weighted by Gasteiger charge is 2.38.